The van der Waals surface area contributed by atoms with Gasteiger partial charge in [-0.1, -0.05) is 0 Å². The van der Waals surface area contributed by atoms with Crippen molar-refractivity contribution in [2.75, 3.05) is 44.2 Å². The third-order valence-electron chi connectivity index (χ3n) is 4.96. The molecule has 0 aliphatic carbocycles. The summed E-state index contributed by atoms with van der Waals surface area (Å²) in [5, 5.41) is 0.654. The SMILES string of the molecule is O=C(N1CCCC1)N1CCN(c2ncnc3sc(CC(F)(F)F)cc23)CC1. The standard InChI is InChI=1S/C17H20F3N5OS/c18-17(19,20)10-12-9-13-14(21-11-22-15(13)27-12)23-5-7-25(8-6-23)16(26)24-3-1-2-4-24/h9,11H,1-8,10H2. The van der Waals surface area contributed by atoms with Crippen molar-refractivity contribution >= 4 is 33.4 Å². The number of thiophene rings is 1. The molecule has 6 nitrogen and oxygen atoms in total. The molecule has 4 rings (SSSR count). The van der Waals surface area contributed by atoms with E-state index < -0.39 is 12.6 Å². The molecule has 0 unspecified atom stereocenters. The molecule has 146 valence electrons. The maximum Gasteiger partial charge on any atom is 0.393 e. The van der Waals surface area contributed by atoms with E-state index in [1.165, 1.54) is 6.33 Å². The number of carbonyl (C=O) groups is 1. The Morgan fingerprint density at radius 1 is 1.04 bits per heavy atom. The number of hydrogen-bond donors (Lipinski definition) is 0. The minimum absolute atomic E-state index is 0.0861. The fourth-order valence-electron chi connectivity index (χ4n) is 3.65. The van der Waals surface area contributed by atoms with Gasteiger partial charge in [0.2, 0.25) is 0 Å². The summed E-state index contributed by atoms with van der Waals surface area (Å²) >= 11 is 1.06. The van der Waals surface area contributed by atoms with Gasteiger partial charge in [0.1, 0.15) is 17.0 Å². The Balaban J connectivity index is 1.47. The van der Waals surface area contributed by atoms with Crippen LogP contribution in [0.15, 0.2) is 12.4 Å². The fraction of sp³-hybridized carbons (Fsp3) is 0.588. The molecule has 2 aliphatic heterocycles. The summed E-state index contributed by atoms with van der Waals surface area (Å²) in [6, 6.07) is 1.63. The molecule has 0 atom stereocenters. The normalized spacial score (nSPS) is 18.6. The summed E-state index contributed by atoms with van der Waals surface area (Å²) in [5.74, 6) is 0.651. The van der Waals surface area contributed by atoms with Gasteiger partial charge in [0.15, 0.2) is 0 Å². The van der Waals surface area contributed by atoms with Gasteiger partial charge in [-0.15, -0.1) is 11.3 Å². The zero-order chi connectivity index (χ0) is 19.0. The highest BCUT2D eigenvalue weighted by molar-refractivity contribution is 7.18. The summed E-state index contributed by atoms with van der Waals surface area (Å²) in [6.45, 7) is 4.03. The monoisotopic (exact) mass is 399 g/mol. The Kier molecular flexibility index (Phi) is 4.83. The first-order valence-electron chi connectivity index (χ1n) is 9.00. The van der Waals surface area contributed by atoms with E-state index >= 15 is 0 Å². The van der Waals surface area contributed by atoms with E-state index in [1.807, 2.05) is 14.7 Å². The number of urea groups is 1. The predicted octanol–water partition coefficient (Wildman–Crippen LogP) is 3.13. The summed E-state index contributed by atoms with van der Waals surface area (Å²) < 4.78 is 38.1. The molecule has 2 aromatic rings. The van der Waals surface area contributed by atoms with Crippen molar-refractivity contribution in [3.63, 3.8) is 0 Å². The van der Waals surface area contributed by atoms with Crippen molar-refractivity contribution in [3.05, 3.63) is 17.3 Å². The number of hydrogen-bond acceptors (Lipinski definition) is 5. The second-order valence-electron chi connectivity index (χ2n) is 6.87. The van der Waals surface area contributed by atoms with Crippen molar-refractivity contribution in [2.45, 2.75) is 25.4 Å². The van der Waals surface area contributed by atoms with Gasteiger partial charge < -0.3 is 14.7 Å². The third kappa shape index (κ3) is 3.95. The molecule has 27 heavy (non-hydrogen) atoms. The lowest BCUT2D eigenvalue weighted by Crippen LogP contribution is -2.52. The molecular weight excluding hydrogens is 379 g/mol. The largest absolute Gasteiger partial charge is 0.393 e. The van der Waals surface area contributed by atoms with Gasteiger partial charge in [-0.2, -0.15) is 13.2 Å². The van der Waals surface area contributed by atoms with Crippen LogP contribution in [0.5, 0.6) is 0 Å². The molecule has 0 radical (unpaired) electrons. The van der Waals surface area contributed by atoms with E-state index in [4.69, 9.17) is 0 Å². The van der Waals surface area contributed by atoms with Gasteiger partial charge in [0.05, 0.1) is 11.8 Å². The van der Waals surface area contributed by atoms with Gasteiger partial charge >= 0.3 is 12.2 Å². The highest BCUT2D eigenvalue weighted by Crippen LogP contribution is 2.34. The Bertz CT molecular complexity index is 826. The fourth-order valence-corrected chi connectivity index (χ4v) is 4.67. The highest BCUT2D eigenvalue weighted by Gasteiger charge is 2.30. The molecule has 0 spiro atoms. The molecule has 10 heteroatoms. The quantitative estimate of drug-likeness (QED) is 0.779. The first kappa shape index (κ1) is 18.3. The summed E-state index contributed by atoms with van der Waals surface area (Å²) in [7, 11) is 0. The Morgan fingerprint density at radius 3 is 2.37 bits per heavy atom. The summed E-state index contributed by atoms with van der Waals surface area (Å²) in [6.07, 6.45) is -1.68. The number of fused-ring (bicyclic) bond motifs is 1. The Morgan fingerprint density at radius 2 is 1.70 bits per heavy atom. The number of aromatic nitrogens is 2. The van der Waals surface area contributed by atoms with Crippen molar-refractivity contribution in [3.8, 4) is 0 Å². The maximum atomic E-state index is 12.7. The van der Waals surface area contributed by atoms with Gasteiger partial charge in [-0.25, -0.2) is 14.8 Å². The molecule has 4 heterocycles. The van der Waals surface area contributed by atoms with Crippen LogP contribution >= 0.6 is 11.3 Å². The van der Waals surface area contributed by atoms with Crippen LogP contribution in [-0.4, -0.2) is 71.2 Å². The Labute approximate surface area is 158 Å². The highest BCUT2D eigenvalue weighted by atomic mass is 32.1. The number of halogens is 3. The van der Waals surface area contributed by atoms with E-state index in [1.54, 1.807) is 6.07 Å². The smallest absolute Gasteiger partial charge is 0.352 e. The number of amides is 2. The first-order valence-corrected chi connectivity index (χ1v) is 9.81. The van der Waals surface area contributed by atoms with E-state index in [2.05, 4.69) is 9.97 Å². The molecule has 0 N–H and O–H groups in total. The molecule has 2 aliphatic rings. The maximum absolute atomic E-state index is 12.7. The number of rotatable bonds is 2. The van der Waals surface area contributed by atoms with Crippen molar-refractivity contribution in [1.82, 2.24) is 19.8 Å². The van der Waals surface area contributed by atoms with Crippen LogP contribution in [0.25, 0.3) is 10.2 Å². The first-order chi connectivity index (χ1) is 12.9. The molecule has 2 saturated heterocycles. The predicted molar refractivity (Wildman–Crippen MR) is 97.2 cm³/mol. The average Bonchev–Trinajstić information content (AvgIpc) is 3.28. The van der Waals surface area contributed by atoms with E-state index in [-0.39, 0.29) is 10.9 Å². The summed E-state index contributed by atoms with van der Waals surface area (Å²) in [5.41, 5.74) is 0. The van der Waals surface area contributed by atoms with Crippen molar-refractivity contribution in [2.24, 2.45) is 0 Å². The minimum Gasteiger partial charge on any atom is -0.352 e. The Hall–Kier alpha value is -2.10. The van der Waals surface area contributed by atoms with Crippen LogP contribution in [0.4, 0.5) is 23.8 Å². The van der Waals surface area contributed by atoms with Crippen molar-refractivity contribution < 1.29 is 18.0 Å². The van der Waals surface area contributed by atoms with E-state index in [0.29, 0.717) is 42.2 Å². The summed E-state index contributed by atoms with van der Waals surface area (Å²) in [4.78, 5) is 27.5. The topological polar surface area (TPSA) is 52.6 Å². The van der Waals surface area contributed by atoms with Gasteiger partial charge in [-0.3, -0.25) is 0 Å². The van der Waals surface area contributed by atoms with Crippen molar-refractivity contribution in [1.29, 1.82) is 0 Å². The van der Waals surface area contributed by atoms with Gasteiger partial charge in [0, 0.05) is 44.1 Å². The number of piperazine rings is 1. The number of anilines is 1. The minimum atomic E-state index is -4.24. The lowest BCUT2D eigenvalue weighted by Gasteiger charge is -2.37. The van der Waals surface area contributed by atoms with Crippen LogP contribution in [-0.2, 0) is 6.42 Å². The lowest BCUT2D eigenvalue weighted by atomic mass is 10.2. The molecule has 0 bridgehead atoms. The van der Waals surface area contributed by atoms with Crippen LogP contribution in [0.3, 0.4) is 0 Å². The lowest BCUT2D eigenvalue weighted by molar-refractivity contribution is -0.126. The van der Waals surface area contributed by atoms with E-state index in [9.17, 15) is 18.0 Å². The molecule has 2 fully saturated rings. The van der Waals surface area contributed by atoms with Crippen LogP contribution in [0.1, 0.15) is 17.7 Å². The molecule has 2 aromatic heterocycles. The number of carbonyl (C=O) groups excluding carboxylic acids is 1. The zero-order valence-electron chi connectivity index (χ0n) is 14.7. The second kappa shape index (κ2) is 7.14. The molecule has 2 amide bonds. The molecule has 0 saturated carbocycles. The van der Waals surface area contributed by atoms with Gasteiger partial charge in [0.25, 0.3) is 0 Å². The molecule has 0 aromatic carbocycles. The number of alkyl halides is 3. The third-order valence-corrected chi connectivity index (χ3v) is 6.00. The van der Waals surface area contributed by atoms with Crippen LogP contribution in [0.2, 0.25) is 0 Å². The molecular formula is C17H20F3N5OS. The number of nitrogens with zero attached hydrogens (tertiary/aromatic N) is 5. The van der Waals surface area contributed by atoms with Crippen LogP contribution < -0.4 is 4.90 Å². The van der Waals surface area contributed by atoms with Crippen LogP contribution in [0, 0.1) is 0 Å². The second-order valence-corrected chi connectivity index (χ2v) is 7.99. The van der Waals surface area contributed by atoms with E-state index in [0.717, 1.165) is 37.3 Å². The average molecular weight is 399 g/mol. The van der Waals surface area contributed by atoms with Gasteiger partial charge in [-0.05, 0) is 18.9 Å². The zero-order valence-corrected chi connectivity index (χ0v) is 15.5. The number of likely N-dealkylation sites (tertiary alicyclic amines) is 1.